The van der Waals surface area contributed by atoms with E-state index in [1.807, 2.05) is 12.1 Å². The third kappa shape index (κ3) is 4.37. The normalized spacial score (nSPS) is 11.7. The Morgan fingerprint density at radius 1 is 0.367 bits per heavy atom. The van der Waals surface area contributed by atoms with Gasteiger partial charge >= 0.3 is 0 Å². The van der Waals surface area contributed by atoms with Crippen molar-refractivity contribution in [2.45, 2.75) is 0 Å². The molecule has 3 heteroatoms. The maximum absolute atomic E-state index is 6.78. The van der Waals surface area contributed by atoms with Crippen molar-refractivity contribution < 1.29 is 8.83 Å². The van der Waals surface area contributed by atoms with Crippen LogP contribution in [0.15, 0.2) is 185 Å². The summed E-state index contributed by atoms with van der Waals surface area (Å²) < 4.78 is 13.5. The van der Waals surface area contributed by atoms with Gasteiger partial charge in [0.1, 0.15) is 16.7 Å². The summed E-state index contributed by atoms with van der Waals surface area (Å²) in [5.74, 6) is 0. The minimum Gasteiger partial charge on any atom is -0.455 e. The highest BCUT2D eigenvalue weighted by atomic mass is 16.3. The molecule has 0 saturated carbocycles. The lowest BCUT2D eigenvalue weighted by Gasteiger charge is -2.29. The average Bonchev–Trinajstić information content (AvgIpc) is 3.76. The zero-order chi connectivity index (χ0) is 32.3. The first kappa shape index (κ1) is 27.5. The van der Waals surface area contributed by atoms with Gasteiger partial charge < -0.3 is 13.7 Å². The van der Waals surface area contributed by atoms with Crippen LogP contribution in [0.2, 0.25) is 0 Å². The van der Waals surface area contributed by atoms with Gasteiger partial charge in [0, 0.05) is 32.8 Å². The van der Waals surface area contributed by atoms with Crippen LogP contribution in [0, 0.1) is 0 Å². The van der Waals surface area contributed by atoms with Crippen molar-refractivity contribution in [3.8, 4) is 22.3 Å². The highest BCUT2D eigenvalue weighted by Gasteiger charge is 2.27. The Morgan fingerprint density at radius 2 is 1.02 bits per heavy atom. The first-order chi connectivity index (χ1) is 24.3. The number of rotatable bonds is 5. The van der Waals surface area contributed by atoms with Crippen LogP contribution in [-0.4, -0.2) is 0 Å². The zero-order valence-corrected chi connectivity index (χ0v) is 26.5. The summed E-state index contributed by atoms with van der Waals surface area (Å²) in [5.41, 5.74) is 11.0. The van der Waals surface area contributed by atoms with Crippen LogP contribution < -0.4 is 4.90 Å². The molecule has 3 nitrogen and oxygen atoms in total. The van der Waals surface area contributed by atoms with Gasteiger partial charge in [-0.15, -0.1) is 0 Å². The molecule has 0 amide bonds. The predicted molar refractivity (Wildman–Crippen MR) is 204 cm³/mol. The Bertz CT molecular complexity index is 2810. The smallest absolute Gasteiger partial charge is 0.159 e. The molecule has 10 rings (SSSR count). The van der Waals surface area contributed by atoms with E-state index in [2.05, 4.69) is 169 Å². The van der Waals surface area contributed by atoms with Crippen LogP contribution in [-0.2, 0) is 0 Å². The predicted octanol–water partition coefficient (Wildman–Crippen LogP) is 13.4. The monoisotopic (exact) mass is 627 g/mol. The summed E-state index contributed by atoms with van der Waals surface area (Å²) in [5, 5.41) is 6.56. The van der Waals surface area contributed by atoms with Crippen molar-refractivity contribution in [3.63, 3.8) is 0 Å². The lowest BCUT2D eigenvalue weighted by Crippen LogP contribution is -2.12. The fourth-order valence-corrected chi connectivity index (χ4v) is 7.39. The summed E-state index contributed by atoms with van der Waals surface area (Å²) in [6.45, 7) is 0. The van der Waals surface area contributed by atoms with E-state index in [9.17, 15) is 0 Å². The van der Waals surface area contributed by atoms with E-state index >= 15 is 0 Å². The number of anilines is 3. The van der Waals surface area contributed by atoms with E-state index in [0.29, 0.717) is 0 Å². The molecule has 8 aromatic carbocycles. The second kappa shape index (κ2) is 11.0. The van der Waals surface area contributed by atoms with Crippen molar-refractivity contribution >= 4 is 71.7 Å². The third-order valence-corrected chi connectivity index (χ3v) is 9.67. The van der Waals surface area contributed by atoms with Gasteiger partial charge in [-0.25, -0.2) is 0 Å². The van der Waals surface area contributed by atoms with Crippen molar-refractivity contribution in [1.29, 1.82) is 0 Å². The average molecular weight is 628 g/mol. The Morgan fingerprint density at radius 3 is 1.84 bits per heavy atom. The number of hydrogen-bond acceptors (Lipinski definition) is 3. The summed E-state index contributed by atoms with van der Waals surface area (Å²) in [6, 6.07) is 61.9. The number of para-hydroxylation sites is 2. The molecule has 0 saturated heterocycles. The van der Waals surface area contributed by atoms with Gasteiger partial charge in [0.05, 0.1) is 16.8 Å². The quantitative estimate of drug-likeness (QED) is 0.190. The number of benzene rings is 8. The van der Waals surface area contributed by atoms with Crippen LogP contribution in [0.3, 0.4) is 0 Å². The molecule has 230 valence electrons. The highest BCUT2D eigenvalue weighted by Crippen LogP contribution is 2.51. The minimum atomic E-state index is 0.837. The molecular formula is C46H29NO2. The van der Waals surface area contributed by atoms with Gasteiger partial charge in [-0.2, -0.15) is 0 Å². The molecule has 2 aromatic heterocycles. The maximum atomic E-state index is 6.78. The standard InChI is InChI=1S/C46H29NO2/c1-3-12-30(13-4-1)31-22-25-34(26-23-31)47(40-20-11-19-38-37-18-9-10-21-41(37)48-46(38)40)44-35(32-14-5-2-6-15-32)28-29-42-43(44)39-27-24-33-16-7-8-17-36(33)45(39)49-42/h1-29H. The molecule has 0 N–H and O–H groups in total. The molecule has 0 aliphatic heterocycles. The molecule has 0 atom stereocenters. The fourth-order valence-electron chi connectivity index (χ4n) is 7.39. The Labute approximate surface area is 282 Å². The van der Waals surface area contributed by atoms with Gasteiger partial charge in [0.2, 0.25) is 0 Å². The van der Waals surface area contributed by atoms with Gasteiger partial charge in [0.15, 0.2) is 5.58 Å². The molecule has 0 aliphatic rings. The molecule has 0 aliphatic carbocycles. The molecule has 0 spiro atoms. The van der Waals surface area contributed by atoms with Gasteiger partial charge in [-0.3, -0.25) is 0 Å². The largest absolute Gasteiger partial charge is 0.455 e. The van der Waals surface area contributed by atoms with E-state index in [1.54, 1.807) is 0 Å². The minimum absolute atomic E-state index is 0.837. The van der Waals surface area contributed by atoms with E-state index in [4.69, 9.17) is 8.83 Å². The molecule has 2 heterocycles. The number of hydrogen-bond donors (Lipinski definition) is 0. The Kier molecular flexibility index (Phi) is 6.18. The van der Waals surface area contributed by atoms with Crippen LogP contribution in [0.25, 0.3) is 76.9 Å². The van der Waals surface area contributed by atoms with Crippen LogP contribution >= 0.6 is 0 Å². The van der Waals surface area contributed by atoms with Crippen LogP contribution in [0.5, 0.6) is 0 Å². The number of nitrogens with zero attached hydrogens (tertiary/aromatic N) is 1. The molecular weight excluding hydrogens is 599 g/mol. The first-order valence-corrected chi connectivity index (χ1v) is 16.6. The van der Waals surface area contributed by atoms with Gasteiger partial charge in [0.25, 0.3) is 0 Å². The number of fused-ring (bicyclic) bond motifs is 8. The molecule has 0 fully saturated rings. The highest BCUT2D eigenvalue weighted by molar-refractivity contribution is 6.22. The molecule has 10 aromatic rings. The van der Waals surface area contributed by atoms with Crippen LogP contribution in [0.4, 0.5) is 17.1 Å². The number of furan rings is 2. The summed E-state index contributed by atoms with van der Waals surface area (Å²) in [7, 11) is 0. The van der Waals surface area contributed by atoms with Crippen molar-refractivity contribution in [2.75, 3.05) is 4.90 Å². The third-order valence-electron chi connectivity index (χ3n) is 9.67. The Hall–Kier alpha value is -6.58. The van der Waals surface area contributed by atoms with Crippen molar-refractivity contribution in [2.24, 2.45) is 0 Å². The molecule has 49 heavy (non-hydrogen) atoms. The topological polar surface area (TPSA) is 29.5 Å². The van der Waals surface area contributed by atoms with Crippen molar-refractivity contribution in [1.82, 2.24) is 0 Å². The van der Waals surface area contributed by atoms with E-state index in [-0.39, 0.29) is 0 Å². The van der Waals surface area contributed by atoms with E-state index < -0.39 is 0 Å². The lowest BCUT2D eigenvalue weighted by molar-refractivity contribution is 0.669. The maximum Gasteiger partial charge on any atom is 0.159 e. The summed E-state index contributed by atoms with van der Waals surface area (Å²) in [6.07, 6.45) is 0. The summed E-state index contributed by atoms with van der Waals surface area (Å²) >= 11 is 0. The second-order valence-electron chi connectivity index (χ2n) is 12.5. The molecule has 0 radical (unpaired) electrons. The van der Waals surface area contributed by atoms with E-state index in [1.165, 1.54) is 5.56 Å². The SMILES string of the molecule is c1ccc(-c2ccc(N(c3cccc4c3oc3ccccc34)c3c(-c4ccccc4)ccc4oc5c6ccccc6ccc5c34)cc2)cc1. The molecule has 0 bridgehead atoms. The lowest BCUT2D eigenvalue weighted by atomic mass is 9.96. The van der Waals surface area contributed by atoms with Crippen LogP contribution in [0.1, 0.15) is 0 Å². The zero-order valence-electron chi connectivity index (χ0n) is 26.5. The fraction of sp³-hybridized carbons (Fsp3) is 0. The van der Waals surface area contributed by atoms with Gasteiger partial charge in [-0.05, 0) is 64.5 Å². The molecule has 0 unspecified atom stereocenters. The first-order valence-electron chi connectivity index (χ1n) is 16.6. The van der Waals surface area contributed by atoms with Gasteiger partial charge in [-0.1, -0.05) is 133 Å². The van der Waals surface area contributed by atoms with E-state index in [0.717, 1.165) is 88.4 Å². The second-order valence-corrected chi connectivity index (χ2v) is 12.5. The Balaban J connectivity index is 1.34. The van der Waals surface area contributed by atoms with Crippen molar-refractivity contribution in [3.05, 3.63) is 176 Å². The summed E-state index contributed by atoms with van der Waals surface area (Å²) in [4.78, 5) is 2.37.